The monoisotopic (exact) mass is 594 g/mol. The maximum absolute atomic E-state index is 12.9. The number of rotatable bonds is 6. The zero-order valence-corrected chi connectivity index (χ0v) is 25.1. The van der Waals surface area contributed by atoms with Gasteiger partial charge in [-0.2, -0.15) is 5.10 Å². The molecule has 2 N–H and O–H groups in total. The fraction of sp³-hybridized carbons (Fsp3) is 0.467. The number of piperidine rings is 1. The second kappa shape index (κ2) is 12.2. The van der Waals surface area contributed by atoms with Crippen molar-refractivity contribution in [2.75, 3.05) is 43.0 Å². The van der Waals surface area contributed by atoms with Crippen molar-refractivity contribution in [2.45, 2.75) is 51.7 Å². The smallest absolute Gasteiger partial charge is 0.410 e. The number of sulfone groups is 1. The first kappa shape index (κ1) is 29.7. The van der Waals surface area contributed by atoms with E-state index >= 15 is 0 Å². The van der Waals surface area contributed by atoms with Crippen molar-refractivity contribution in [3.63, 3.8) is 0 Å². The predicted molar refractivity (Wildman–Crippen MR) is 160 cm³/mol. The van der Waals surface area contributed by atoms with E-state index in [0.717, 1.165) is 29.8 Å². The molecule has 12 heteroatoms. The average Bonchev–Trinajstić information content (AvgIpc) is 3.44. The summed E-state index contributed by atoms with van der Waals surface area (Å²) in [6, 6.07) is 14.8. The van der Waals surface area contributed by atoms with E-state index in [-0.39, 0.29) is 29.4 Å². The fourth-order valence-electron chi connectivity index (χ4n) is 5.13. The summed E-state index contributed by atoms with van der Waals surface area (Å²) < 4.78 is 28.9. The molecular weight excluding hydrogens is 556 g/mol. The Balaban J connectivity index is 1.14. The van der Waals surface area contributed by atoms with E-state index in [0.29, 0.717) is 49.8 Å². The van der Waals surface area contributed by atoms with Crippen LogP contribution in [0.25, 0.3) is 11.4 Å². The number of carbonyl (C=O) groups is 2. The standard InChI is InChI=1S/C30H38N6O5S/c1-30(2,3)41-29(38)36-13-11-23(12-14-36)27-32-26(33-34-27)22-7-9-25(10-8-22)31-28(37)24-6-4-5-21(19-24)20-35-15-17-42(39,40)18-16-35/h4-10,19,23H,11-18,20H2,1-3H3,(H,31,37)(H,32,33,34). The Morgan fingerprint density at radius 1 is 1.02 bits per heavy atom. The van der Waals surface area contributed by atoms with Gasteiger partial charge in [-0.15, -0.1) is 0 Å². The number of aromatic nitrogens is 3. The van der Waals surface area contributed by atoms with E-state index in [9.17, 15) is 18.0 Å². The molecule has 0 spiro atoms. The van der Waals surface area contributed by atoms with Gasteiger partial charge in [-0.3, -0.25) is 14.8 Å². The summed E-state index contributed by atoms with van der Waals surface area (Å²) in [5.41, 5.74) is 2.47. The lowest BCUT2D eigenvalue weighted by atomic mass is 9.96. The number of benzene rings is 2. The molecule has 5 rings (SSSR count). The van der Waals surface area contributed by atoms with Gasteiger partial charge in [-0.1, -0.05) is 12.1 Å². The normalized spacial score (nSPS) is 18.0. The van der Waals surface area contributed by atoms with Crippen LogP contribution < -0.4 is 5.32 Å². The Morgan fingerprint density at radius 2 is 1.71 bits per heavy atom. The average molecular weight is 595 g/mol. The number of anilines is 1. The van der Waals surface area contributed by atoms with Crippen LogP contribution in [0.4, 0.5) is 10.5 Å². The van der Waals surface area contributed by atoms with E-state index in [1.165, 1.54) is 0 Å². The van der Waals surface area contributed by atoms with Gasteiger partial charge in [0, 0.05) is 55.5 Å². The molecule has 2 aliphatic heterocycles. The van der Waals surface area contributed by atoms with Gasteiger partial charge in [0.25, 0.3) is 5.91 Å². The minimum absolute atomic E-state index is 0.174. The number of amides is 2. The molecule has 3 heterocycles. The first-order valence-electron chi connectivity index (χ1n) is 14.3. The molecule has 2 fully saturated rings. The molecular formula is C30H38N6O5S. The molecule has 0 bridgehead atoms. The van der Waals surface area contributed by atoms with Gasteiger partial charge in [-0.25, -0.2) is 18.2 Å². The molecule has 42 heavy (non-hydrogen) atoms. The van der Waals surface area contributed by atoms with Gasteiger partial charge >= 0.3 is 6.09 Å². The number of likely N-dealkylation sites (tertiary alicyclic amines) is 1. The highest BCUT2D eigenvalue weighted by Gasteiger charge is 2.29. The van der Waals surface area contributed by atoms with Gasteiger partial charge in [-0.05, 0) is 75.6 Å². The van der Waals surface area contributed by atoms with Gasteiger partial charge in [0.2, 0.25) is 0 Å². The fourth-order valence-corrected chi connectivity index (χ4v) is 6.41. The number of hydrogen-bond donors (Lipinski definition) is 2. The van der Waals surface area contributed by atoms with Crippen molar-refractivity contribution >= 4 is 27.5 Å². The van der Waals surface area contributed by atoms with Crippen molar-refractivity contribution in [2.24, 2.45) is 0 Å². The number of hydrogen-bond acceptors (Lipinski definition) is 8. The van der Waals surface area contributed by atoms with Crippen molar-refractivity contribution < 1.29 is 22.7 Å². The molecule has 0 radical (unpaired) electrons. The second-order valence-corrected chi connectivity index (χ2v) is 14.2. The lowest BCUT2D eigenvalue weighted by molar-refractivity contribution is 0.0203. The molecule has 2 aromatic carbocycles. The summed E-state index contributed by atoms with van der Waals surface area (Å²) in [4.78, 5) is 33.8. The molecule has 224 valence electrons. The molecule has 1 aromatic heterocycles. The molecule has 2 saturated heterocycles. The van der Waals surface area contributed by atoms with Crippen molar-refractivity contribution in [1.82, 2.24) is 25.0 Å². The molecule has 0 aliphatic carbocycles. The van der Waals surface area contributed by atoms with E-state index in [2.05, 4.69) is 20.4 Å². The van der Waals surface area contributed by atoms with Gasteiger partial charge < -0.3 is 15.0 Å². The van der Waals surface area contributed by atoms with Crippen LogP contribution in [0.3, 0.4) is 0 Å². The molecule has 0 saturated carbocycles. The zero-order chi connectivity index (χ0) is 29.9. The van der Waals surface area contributed by atoms with Crippen LogP contribution in [0.1, 0.15) is 61.3 Å². The van der Waals surface area contributed by atoms with Crippen LogP contribution in [-0.4, -0.2) is 88.7 Å². The quantitative estimate of drug-likeness (QED) is 0.436. The highest BCUT2D eigenvalue weighted by molar-refractivity contribution is 7.91. The van der Waals surface area contributed by atoms with Crippen LogP contribution >= 0.6 is 0 Å². The minimum Gasteiger partial charge on any atom is -0.444 e. The minimum atomic E-state index is -2.93. The lowest BCUT2D eigenvalue weighted by Crippen LogP contribution is -2.41. The second-order valence-electron chi connectivity index (χ2n) is 11.9. The maximum atomic E-state index is 12.9. The van der Waals surface area contributed by atoms with Crippen molar-refractivity contribution in [3.05, 3.63) is 65.5 Å². The van der Waals surface area contributed by atoms with Crippen LogP contribution in [0.2, 0.25) is 0 Å². The molecule has 2 aliphatic rings. The molecule has 0 unspecified atom stereocenters. The first-order valence-corrected chi connectivity index (χ1v) is 16.1. The topological polar surface area (TPSA) is 138 Å². The molecule has 0 atom stereocenters. The Morgan fingerprint density at radius 3 is 2.38 bits per heavy atom. The largest absolute Gasteiger partial charge is 0.444 e. The summed E-state index contributed by atoms with van der Waals surface area (Å²) in [6.07, 6.45) is 1.27. The van der Waals surface area contributed by atoms with Gasteiger partial charge in [0.1, 0.15) is 11.4 Å². The van der Waals surface area contributed by atoms with Crippen molar-refractivity contribution in [1.29, 1.82) is 0 Å². The van der Waals surface area contributed by atoms with E-state index in [1.807, 2.05) is 63.2 Å². The predicted octanol–water partition coefficient (Wildman–Crippen LogP) is 4.07. The number of aromatic amines is 1. The SMILES string of the molecule is CC(C)(C)OC(=O)N1CCC(c2nc(-c3ccc(NC(=O)c4cccc(CN5CCS(=O)(=O)CC5)c4)cc3)n[nH]2)CC1. The highest BCUT2D eigenvalue weighted by atomic mass is 32.2. The van der Waals surface area contributed by atoms with Gasteiger partial charge in [0.05, 0.1) is 11.5 Å². The third-order valence-electron chi connectivity index (χ3n) is 7.47. The number of nitrogens with one attached hydrogen (secondary N) is 2. The summed E-state index contributed by atoms with van der Waals surface area (Å²) in [6.45, 7) is 8.42. The number of H-pyrrole nitrogens is 1. The van der Waals surface area contributed by atoms with E-state index in [1.54, 1.807) is 11.0 Å². The number of ether oxygens (including phenoxy) is 1. The van der Waals surface area contributed by atoms with Crippen LogP contribution in [-0.2, 0) is 21.1 Å². The first-order chi connectivity index (χ1) is 19.9. The van der Waals surface area contributed by atoms with Crippen LogP contribution in [0.5, 0.6) is 0 Å². The number of nitrogens with zero attached hydrogens (tertiary/aromatic N) is 4. The van der Waals surface area contributed by atoms with Gasteiger partial charge in [0.15, 0.2) is 15.7 Å². The third-order valence-corrected chi connectivity index (χ3v) is 9.08. The Hall–Kier alpha value is -3.77. The maximum Gasteiger partial charge on any atom is 0.410 e. The van der Waals surface area contributed by atoms with E-state index < -0.39 is 15.4 Å². The zero-order valence-electron chi connectivity index (χ0n) is 24.3. The number of carbonyl (C=O) groups excluding carboxylic acids is 2. The van der Waals surface area contributed by atoms with E-state index in [4.69, 9.17) is 9.72 Å². The summed E-state index contributed by atoms with van der Waals surface area (Å²) >= 11 is 0. The third kappa shape index (κ3) is 7.74. The van der Waals surface area contributed by atoms with Crippen LogP contribution in [0, 0.1) is 0 Å². The Kier molecular flexibility index (Phi) is 8.65. The summed E-state index contributed by atoms with van der Waals surface area (Å²) in [7, 11) is -2.93. The van der Waals surface area contributed by atoms with Crippen LogP contribution in [0.15, 0.2) is 48.5 Å². The molecule has 2 amide bonds. The molecule has 3 aromatic rings. The highest BCUT2D eigenvalue weighted by Crippen LogP contribution is 2.28. The summed E-state index contributed by atoms with van der Waals surface area (Å²) in [5.74, 6) is 1.69. The Labute approximate surface area is 246 Å². The Bertz CT molecular complexity index is 1510. The van der Waals surface area contributed by atoms with Crippen molar-refractivity contribution in [3.8, 4) is 11.4 Å². The lowest BCUT2D eigenvalue weighted by Gasteiger charge is -2.32. The summed E-state index contributed by atoms with van der Waals surface area (Å²) in [5, 5.41) is 10.4. The molecule has 11 nitrogen and oxygen atoms in total.